The second-order valence-electron chi connectivity index (χ2n) is 4.80. The van der Waals surface area contributed by atoms with Crippen LogP contribution >= 0.6 is 0 Å². The number of rotatable bonds is 3. The van der Waals surface area contributed by atoms with Gasteiger partial charge in [-0.1, -0.05) is 5.16 Å². The van der Waals surface area contributed by atoms with Gasteiger partial charge in [-0.2, -0.15) is 0 Å². The molecular formula is C13H17F2N3O2. The smallest absolute Gasteiger partial charge is 0.170 e. The Hall–Kier alpha value is -1.89. The van der Waals surface area contributed by atoms with E-state index in [2.05, 4.69) is 5.16 Å². The highest BCUT2D eigenvalue weighted by Crippen LogP contribution is 2.30. The number of nitrogens with zero attached hydrogens (tertiary/aromatic N) is 2. The highest BCUT2D eigenvalue weighted by molar-refractivity contribution is 5.97. The number of aliphatic hydroxyl groups is 1. The summed E-state index contributed by atoms with van der Waals surface area (Å²) in [5.41, 5.74) is 5.13. The Kier molecular flexibility index (Phi) is 4.39. The molecule has 1 saturated heterocycles. The van der Waals surface area contributed by atoms with Crippen LogP contribution in [-0.4, -0.2) is 35.3 Å². The average molecular weight is 285 g/mol. The third-order valence-electron chi connectivity index (χ3n) is 3.55. The predicted octanol–water partition coefficient (Wildman–Crippen LogP) is 1.41. The zero-order chi connectivity index (χ0) is 14.7. The Labute approximate surface area is 115 Å². The zero-order valence-corrected chi connectivity index (χ0v) is 10.9. The highest BCUT2D eigenvalue weighted by Gasteiger charge is 2.27. The molecule has 1 aromatic rings. The topological polar surface area (TPSA) is 82.1 Å². The third kappa shape index (κ3) is 2.67. The first-order valence-electron chi connectivity index (χ1n) is 6.43. The van der Waals surface area contributed by atoms with E-state index in [0.29, 0.717) is 13.0 Å². The predicted molar refractivity (Wildman–Crippen MR) is 70.9 cm³/mol. The van der Waals surface area contributed by atoms with Crippen LogP contribution in [0.4, 0.5) is 14.5 Å². The summed E-state index contributed by atoms with van der Waals surface area (Å²) in [7, 11) is 0. The summed E-state index contributed by atoms with van der Waals surface area (Å²) in [6.45, 7) is 0.336. The molecule has 110 valence electrons. The molecule has 0 radical (unpaired) electrons. The second kappa shape index (κ2) is 6.04. The van der Waals surface area contributed by atoms with Crippen molar-refractivity contribution in [3.05, 3.63) is 29.3 Å². The number of anilines is 1. The number of oxime groups is 1. The summed E-state index contributed by atoms with van der Waals surface area (Å²) < 4.78 is 28.3. The van der Waals surface area contributed by atoms with Crippen LogP contribution in [0.2, 0.25) is 0 Å². The molecule has 1 atom stereocenters. The number of hydrogen-bond donors (Lipinski definition) is 3. The van der Waals surface area contributed by atoms with E-state index in [0.717, 1.165) is 25.0 Å². The summed E-state index contributed by atoms with van der Waals surface area (Å²) in [6, 6.07) is 1.76. The molecule has 1 aliphatic rings. The molecule has 0 amide bonds. The van der Waals surface area contributed by atoms with Gasteiger partial charge >= 0.3 is 0 Å². The number of piperidine rings is 1. The van der Waals surface area contributed by atoms with Crippen molar-refractivity contribution in [1.29, 1.82) is 0 Å². The van der Waals surface area contributed by atoms with E-state index in [9.17, 15) is 13.9 Å². The molecule has 20 heavy (non-hydrogen) atoms. The molecule has 0 saturated carbocycles. The van der Waals surface area contributed by atoms with Gasteiger partial charge in [0.1, 0.15) is 17.3 Å². The fourth-order valence-corrected chi connectivity index (χ4v) is 2.53. The molecule has 1 unspecified atom stereocenters. The SMILES string of the molecule is N/C(=N/O)c1cc(F)c(N2CCCCC2CO)c(F)c1. The lowest BCUT2D eigenvalue weighted by molar-refractivity contribution is 0.238. The molecular weight excluding hydrogens is 268 g/mol. The number of halogens is 2. The lowest BCUT2D eigenvalue weighted by atomic mass is 10.0. The number of amidine groups is 1. The number of nitrogens with two attached hydrogens (primary N) is 1. The van der Waals surface area contributed by atoms with Crippen molar-refractivity contribution >= 4 is 11.5 Å². The van der Waals surface area contributed by atoms with Crippen LogP contribution in [0, 0.1) is 11.6 Å². The minimum Gasteiger partial charge on any atom is -0.409 e. The minimum absolute atomic E-state index is 0.0243. The number of hydrogen-bond acceptors (Lipinski definition) is 4. The van der Waals surface area contributed by atoms with Gasteiger partial charge in [0.05, 0.1) is 12.6 Å². The maximum absolute atomic E-state index is 14.1. The number of benzene rings is 1. The van der Waals surface area contributed by atoms with Crippen molar-refractivity contribution in [1.82, 2.24) is 0 Å². The van der Waals surface area contributed by atoms with Crippen LogP contribution in [0.25, 0.3) is 0 Å². The molecule has 1 heterocycles. The van der Waals surface area contributed by atoms with Crippen molar-refractivity contribution in [2.75, 3.05) is 18.1 Å². The normalized spacial score (nSPS) is 20.2. The fraction of sp³-hybridized carbons (Fsp3) is 0.462. The van der Waals surface area contributed by atoms with Crippen molar-refractivity contribution < 1.29 is 19.1 Å². The quantitative estimate of drug-likeness (QED) is 0.339. The van der Waals surface area contributed by atoms with E-state index in [-0.39, 0.29) is 29.7 Å². The Bertz CT molecular complexity index is 499. The van der Waals surface area contributed by atoms with Crippen LogP contribution in [0.3, 0.4) is 0 Å². The molecule has 5 nitrogen and oxygen atoms in total. The monoisotopic (exact) mass is 285 g/mol. The van der Waals surface area contributed by atoms with E-state index in [1.54, 1.807) is 4.90 Å². The van der Waals surface area contributed by atoms with E-state index >= 15 is 0 Å². The van der Waals surface area contributed by atoms with Crippen molar-refractivity contribution in [3.63, 3.8) is 0 Å². The van der Waals surface area contributed by atoms with Gasteiger partial charge in [0.25, 0.3) is 0 Å². The van der Waals surface area contributed by atoms with E-state index in [1.165, 1.54) is 0 Å². The van der Waals surface area contributed by atoms with Crippen LogP contribution in [0.15, 0.2) is 17.3 Å². The Morgan fingerprint density at radius 3 is 2.55 bits per heavy atom. The van der Waals surface area contributed by atoms with Gasteiger partial charge in [-0.3, -0.25) is 0 Å². The summed E-state index contributed by atoms with van der Waals surface area (Å²) in [5, 5.41) is 20.6. The van der Waals surface area contributed by atoms with Crippen LogP contribution in [0.5, 0.6) is 0 Å². The summed E-state index contributed by atoms with van der Waals surface area (Å²) in [5.74, 6) is -1.93. The summed E-state index contributed by atoms with van der Waals surface area (Å²) in [4.78, 5) is 1.55. The lowest BCUT2D eigenvalue weighted by Crippen LogP contribution is -2.43. The summed E-state index contributed by atoms with van der Waals surface area (Å²) >= 11 is 0. The Morgan fingerprint density at radius 2 is 2.00 bits per heavy atom. The van der Waals surface area contributed by atoms with Crippen LogP contribution < -0.4 is 10.6 Å². The van der Waals surface area contributed by atoms with Gasteiger partial charge in [0, 0.05) is 12.1 Å². The van der Waals surface area contributed by atoms with Crippen LogP contribution in [-0.2, 0) is 0 Å². The molecule has 0 aliphatic carbocycles. The maximum atomic E-state index is 14.1. The first-order chi connectivity index (χ1) is 9.58. The molecule has 1 aliphatic heterocycles. The van der Waals surface area contributed by atoms with E-state index in [4.69, 9.17) is 10.9 Å². The fourth-order valence-electron chi connectivity index (χ4n) is 2.53. The van der Waals surface area contributed by atoms with Gasteiger partial charge in [-0.15, -0.1) is 0 Å². The van der Waals surface area contributed by atoms with E-state index in [1.807, 2.05) is 0 Å². The number of aliphatic hydroxyl groups excluding tert-OH is 1. The zero-order valence-electron chi connectivity index (χ0n) is 10.9. The average Bonchev–Trinajstić information content (AvgIpc) is 2.46. The van der Waals surface area contributed by atoms with Gasteiger partial charge in [-0.05, 0) is 31.4 Å². The highest BCUT2D eigenvalue weighted by atomic mass is 19.1. The standard InChI is InChI=1S/C13H17F2N3O2/c14-10-5-8(13(16)17-20)6-11(15)12(10)18-4-2-1-3-9(18)7-19/h5-6,9,19-20H,1-4,7H2,(H2,16,17). The molecule has 1 aromatic carbocycles. The van der Waals surface area contributed by atoms with Crippen molar-refractivity contribution in [2.24, 2.45) is 10.9 Å². The summed E-state index contributed by atoms with van der Waals surface area (Å²) in [6.07, 6.45) is 2.43. The maximum Gasteiger partial charge on any atom is 0.170 e. The Morgan fingerprint density at radius 1 is 1.35 bits per heavy atom. The second-order valence-corrected chi connectivity index (χ2v) is 4.80. The first-order valence-corrected chi connectivity index (χ1v) is 6.43. The molecule has 2 rings (SSSR count). The van der Waals surface area contributed by atoms with Crippen molar-refractivity contribution in [3.8, 4) is 0 Å². The van der Waals surface area contributed by atoms with Crippen LogP contribution in [0.1, 0.15) is 24.8 Å². The Balaban J connectivity index is 2.41. The van der Waals surface area contributed by atoms with Gasteiger partial charge < -0.3 is 20.9 Å². The molecule has 0 spiro atoms. The minimum atomic E-state index is -0.785. The molecule has 0 aromatic heterocycles. The largest absolute Gasteiger partial charge is 0.409 e. The van der Waals surface area contributed by atoms with Gasteiger partial charge in [0.15, 0.2) is 5.84 Å². The lowest BCUT2D eigenvalue weighted by Gasteiger charge is -2.36. The molecule has 4 N–H and O–H groups in total. The molecule has 0 bridgehead atoms. The van der Waals surface area contributed by atoms with Gasteiger partial charge in [0.2, 0.25) is 0 Å². The molecule has 7 heteroatoms. The third-order valence-corrected chi connectivity index (χ3v) is 3.55. The first kappa shape index (κ1) is 14.5. The molecule has 1 fully saturated rings. The van der Waals surface area contributed by atoms with E-state index < -0.39 is 11.6 Å². The van der Waals surface area contributed by atoms with Gasteiger partial charge in [-0.25, -0.2) is 8.78 Å². The van der Waals surface area contributed by atoms with Crippen molar-refractivity contribution in [2.45, 2.75) is 25.3 Å².